The van der Waals surface area contributed by atoms with Crippen molar-refractivity contribution in [2.75, 3.05) is 5.32 Å². The number of rotatable bonds is 6. The summed E-state index contributed by atoms with van der Waals surface area (Å²) in [5.74, 6) is 0.767. The Kier molecular flexibility index (Phi) is 6.00. The molecule has 0 unspecified atom stereocenters. The van der Waals surface area contributed by atoms with E-state index >= 15 is 0 Å². The zero-order valence-corrected chi connectivity index (χ0v) is 13.4. The molecule has 2 rings (SSSR count). The third-order valence-electron chi connectivity index (χ3n) is 3.21. The van der Waals surface area contributed by atoms with Crippen molar-refractivity contribution in [3.8, 4) is 5.75 Å². The predicted octanol–water partition coefficient (Wildman–Crippen LogP) is 3.29. The molecule has 0 aliphatic rings. The molecule has 23 heavy (non-hydrogen) atoms. The van der Waals surface area contributed by atoms with Gasteiger partial charge in [0.25, 0.3) is 0 Å². The minimum atomic E-state index is -0.296. The smallest absolute Gasteiger partial charge is 0.319 e. The lowest BCUT2D eigenvalue weighted by atomic mass is 10.1. The molecule has 0 heterocycles. The molecule has 0 atom stereocenters. The number of urea groups is 1. The Morgan fingerprint density at radius 3 is 2.35 bits per heavy atom. The van der Waals surface area contributed by atoms with E-state index in [1.54, 1.807) is 12.1 Å². The van der Waals surface area contributed by atoms with E-state index in [-0.39, 0.29) is 18.7 Å². The molecule has 5 nitrogen and oxygen atoms in total. The van der Waals surface area contributed by atoms with Crippen molar-refractivity contribution in [1.29, 1.82) is 0 Å². The second-order valence-electron chi connectivity index (χ2n) is 5.43. The zero-order valence-electron chi connectivity index (χ0n) is 13.4. The van der Waals surface area contributed by atoms with Gasteiger partial charge in [-0.05, 0) is 49.2 Å². The second kappa shape index (κ2) is 8.19. The van der Waals surface area contributed by atoms with Crippen LogP contribution in [0.1, 0.15) is 25.0 Å². The molecule has 0 saturated carbocycles. The lowest BCUT2D eigenvalue weighted by Gasteiger charge is -2.12. The van der Waals surface area contributed by atoms with Gasteiger partial charge in [0.2, 0.25) is 0 Å². The monoisotopic (exact) mass is 314 g/mol. The predicted molar refractivity (Wildman–Crippen MR) is 90.4 cm³/mol. The average molecular weight is 314 g/mol. The summed E-state index contributed by atoms with van der Waals surface area (Å²) in [4.78, 5) is 11.9. The quantitative estimate of drug-likeness (QED) is 0.766. The van der Waals surface area contributed by atoms with Crippen LogP contribution in [0.3, 0.4) is 0 Å². The Hall–Kier alpha value is -2.53. The van der Waals surface area contributed by atoms with Crippen LogP contribution in [0, 0.1) is 0 Å². The number of nitrogens with one attached hydrogen (secondary N) is 2. The molecule has 122 valence electrons. The first-order valence-electron chi connectivity index (χ1n) is 7.57. The molecule has 2 aromatic carbocycles. The molecule has 0 aliphatic heterocycles. The van der Waals surface area contributed by atoms with Crippen molar-refractivity contribution in [2.45, 2.75) is 33.1 Å². The van der Waals surface area contributed by atoms with Crippen LogP contribution in [0.25, 0.3) is 0 Å². The summed E-state index contributed by atoms with van der Waals surface area (Å²) in [5.41, 5.74) is 2.39. The maximum Gasteiger partial charge on any atom is 0.319 e. The molecule has 2 amide bonds. The molecule has 3 N–H and O–H groups in total. The van der Waals surface area contributed by atoms with E-state index < -0.39 is 0 Å². The van der Waals surface area contributed by atoms with Gasteiger partial charge in [-0.15, -0.1) is 0 Å². The highest BCUT2D eigenvalue weighted by Crippen LogP contribution is 2.17. The van der Waals surface area contributed by atoms with Gasteiger partial charge in [-0.1, -0.05) is 24.3 Å². The Morgan fingerprint density at radius 2 is 1.74 bits per heavy atom. The highest BCUT2D eigenvalue weighted by Gasteiger charge is 2.05. The lowest BCUT2D eigenvalue weighted by Crippen LogP contribution is -2.28. The van der Waals surface area contributed by atoms with Crippen molar-refractivity contribution in [3.05, 3.63) is 59.7 Å². The molecule has 0 radical (unpaired) electrons. The first-order chi connectivity index (χ1) is 11.1. The number of aliphatic hydroxyl groups is 1. The van der Waals surface area contributed by atoms with E-state index in [0.29, 0.717) is 12.2 Å². The third-order valence-corrected chi connectivity index (χ3v) is 3.21. The molecule has 5 heteroatoms. The van der Waals surface area contributed by atoms with Gasteiger partial charge in [-0.3, -0.25) is 0 Å². The maximum atomic E-state index is 11.9. The summed E-state index contributed by atoms with van der Waals surface area (Å²) in [5, 5.41) is 14.8. The number of carbonyl (C=O) groups is 1. The molecule has 0 bridgehead atoms. The lowest BCUT2D eigenvalue weighted by molar-refractivity contribution is 0.242. The van der Waals surface area contributed by atoms with Crippen molar-refractivity contribution in [3.63, 3.8) is 0 Å². The van der Waals surface area contributed by atoms with Crippen LogP contribution in [-0.4, -0.2) is 17.2 Å². The number of benzene rings is 2. The summed E-state index contributed by atoms with van der Waals surface area (Å²) in [6.45, 7) is 4.24. The minimum Gasteiger partial charge on any atom is -0.491 e. The van der Waals surface area contributed by atoms with Crippen LogP contribution in [0.2, 0.25) is 0 Å². The fourth-order valence-corrected chi connectivity index (χ4v) is 2.12. The number of aliphatic hydroxyl groups excluding tert-OH is 1. The average Bonchev–Trinajstić information content (AvgIpc) is 2.54. The molecule has 0 spiro atoms. The van der Waals surface area contributed by atoms with Crippen LogP contribution >= 0.6 is 0 Å². The highest BCUT2D eigenvalue weighted by molar-refractivity contribution is 5.89. The summed E-state index contributed by atoms with van der Waals surface area (Å²) in [6.07, 6.45) is 0.115. The van der Waals surface area contributed by atoms with Gasteiger partial charge in [0.05, 0.1) is 12.7 Å². The molecule has 0 fully saturated rings. The van der Waals surface area contributed by atoms with Crippen molar-refractivity contribution >= 4 is 11.7 Å². The van der Waals surface area contributed by atoms with Gasteiger partial charge in [-0.2, -0.15) is 0 Å². The van der Waals surface area contributed by atoms with E-state index in [1.807, 2.05) is 50.2 Å². The number of hydrogen-bond donors (Lipinski definition) is 3. The molecular formula is C18H22N2O3. The Balaban J connectivity index is 1.87. The van der Waals surface area contributed by atoms with Crippen molar-refractivity contribution < 1.29 is 14.6 Å². The highest BCUT2D eigenvalue weighted by atomic mass is 16.5. The Morgan fingerprint density at radius 1 is 1.09 bits per heavy atom. The molecule has 0 saturated heterocycles. The minimum absolute atomic E-state index is 0.0449. The van der Waals surface area contributed by atoms with Crippen LogP contribution in [0.15, 0.2) is 48.5 Å². The standard InChI is InChI=1S/C18H22N2O3/c1-13(2)23-17-9-7-16(8-10-17)20-18(22)19-11-14-5-3-4-6-15(14)12-21/h3-10,13,21H,11-12H2,1-2H3,(H2,19,20,22). The third kappa shape index (κ3) is 5.30. The summed E-state index contributed by atoms with van der Waals surface area (Å²) >= 11 is 0. The molecule has 0 aliphatic carbocycles. The fourth-order valence-electron chi connectivity index (χ4n) is 2.12. The number of amides is 2. The van der Waals surface area contributed by atoms with E-state index in [1.165, 1.54) is 0 Å². The first kappa shape index (κ1) is 16.8. The Bertz CT molecular complexity index is 639. The fraction of sp³-hybridized carbons (Fsp3) is 0.278. The largest absolute Gasteiger partial charge is 0.491 e. The van der Waals surface area contributed by atoms with Gasteiger partial charge in [-0.25, -0.2) is 4.79 Å². The SMILES string of the molecule is CC(C)Oc1ccc(NC(=O)NCc2ccccc2CO)cc1. The number of carbonyl (C=O) groups excluding carboxylic acids is 1. The van der Waals surface area contributed by atoms with Gasteiger partial charge in [0, 0.05) is 12.2 Å². The second-order valence-corrected chi connectivity index (χ2v) is 5.43. The maximum absolute atomic E-state index is 11.9. The number of anilines is 1. The number of hydrogen-bond acceptors (Lipinski definition) is 3. The van der Waals surface area contributed by atoms with E-state index in [0.717, 1.165) is 16.9 Å². The number of ether oxygens (including phenoxy) is 1. The van der Waals surface area contributed by atoms with Gasteiger partial charge < -0.3 is 20.5 Å². The van der Waals surface area contributed by atoms with Crippen LogP contribution in [-0.2, 0) is 13.2 Å². The topological polar surface area (TPSA) is 70.6 Å². The summed E-state index contributed by atoms with van der Waals surface area (Å²) in [6, 6.07) is 14.4. The zero-order chi connectivity index (χ0) is 16.7. The molecular weight excluding hydrogens is 292 g/mol. The molecule has 0 aromatic heterocycles. The van der Waals surface area contributed by atoms with Crippen molar-refractivity contribution in [2.24, 2.45) is 0 Å². The normalized spacial score (nSPS) is 10.4. The van der Waals surface area contributed by atoms with E-state index in [2.05, 4.69) is 10.6 Å². The first-order valence-corrected chi connectivity index (χ1v) is 7.57. The van der Waals surface area contributed by atoms with Gasteiger partial charge in [0.15, 0.2) is 0 Å². The summed E-state index contributed by atoms with van der Waals surface area (Å²) in [7, 11) is 0. The Labute approximate surface area is 136 Å². The van der Waals surface area contributed by atoms with Gasteiger partial charge >= 0.3 is 6.03 Å². The van der Waals surface area contributed by atoms with Crippen LogP contribution < -0.4 is 15.4 Å². The molecule has 2 aromatic rings. The summed E-state index contributed by atoms with van der Waals surface area (Å²) < 4.78 is 5.55. The van der Waals surface area contributed by atoms with E-state index in [9.17, 15) is 9.90 Å². The van der Waals surface area contributed by atoms with Crippen LogP contribution in [0.4, 0.5) is 10.5 Å². The van der Waals surface area contributed by atoms with Gasteiger partial charge in [0.1, 0.15) is 5.75 Å². The van der Waals surface area contributed by atoms with Crippen molar-refractivity contribution in [1.82, 2.24) is 5.32 Å². The van der Waals surface area contributed by atoms with Crippen LogP contribution in [0.5, 0.6) is 5.75 Å². The van der Waals surface area contributed by atoms with E-state index in [4.69, 9.17) is 4.74 Å².